The van der Waals surface area contributed by atoms with E-state index in [4.69, 9.17) is 32.4 Å². The van der Waals surface area contributed by atoms with E-state index < -0.39 is 42.9 Å². The number of aliphatic hydroxyl groups excluding tert-OH is 3. The van der Waals surface area contributed by atoms with Crippen molar-refractivity contribution < 1.29 is 24.8 Å². The second-order valence-electron chi connectivity index (χ2n) is 5.88. The van der Waals surface area contributed by atoms with E-state index in [1.54, 1.807) is 0 Å². The van der Waals surface area contributed by atoms with Crippen molar-refractivity contribution in [3.8, 4) is 0 Å². The molecule has 1 heterocycles. The van der Waals surface area contributed by atoms with Crippen LogP contribution in [0.15, 0.2) is 0 Å². The topological polar surface area (TPSA) is 183 Å². The molecular weight excluding hydrogens is 280 g/mol. The fraction of sp³-hybridized carbons (Fsp3) is 1.00. The third kappa shape index (κ3) is 3.52. The van der Waals surface area contributed by atoms with Crippen molar-refractivity contribution in [2.45, 2.75) is 67.8 Å². The van der Waals surface area contributed by atoms with Crippen LogP contribution in [-0.2, 0) is 9.47 Å². The maximum atomic E-state index is 9.92. The first-order chi connectivity index (χ1) is 9.85. The van der Waals surface area contributed by atoms with Crippen molar-refractivity contribution >= 4 is 0 Å². The molecule has 2 rings (SSSR count). The first kappa shape index (κ1) is 17.0. The summed E-state index contributed by atoms with van der Waals surface area (Å²) in [5, 5.41) is 29.5. The minimum absolute atomic E-state index is 0.0228. The molecule has 0 radical (unpaired) electrons. The van der Waals surface area contributed by atoms with Crippen LogP contribution in [0.1, 0.15) is 12.8 Å². The van der Waals surface area contributed by atoms with Crippen molar-refractivity contribution in [2.24, 2.45) is 22.9 Å². The van der Waals surface area contributed by atoms with E-state index in [-0.39, 0.29) is 25.0 Å². The van der Waals surface area contributed by atoms with E-state index in [1.165, 1.54) is 0 Å². The Labute approximate surface area is 123 Å². The number of rotatable bonds is 3. The molecule has 2 fully saturated rings. The van der Waals surface area contributed by atoms with Crippen molar-refractivity contribution in [3.05, 3.63) is 0 Å². The lowest BCUT2D eigenvalue weighted by Gasteiger charge is -2.44. The zero-order valence-corrected chi connectivity index (χ0v) is 11.8. The molecule has 9 heteroatoms. The number of nitrogens with two attached hydrogens (primary N) is 4. The Hall–Kier alpha value is -0.360. The maximum Gasteiger partial charge on any atom is 0.176 e. The second kappa shape index (κ2) is 6.82. The van der Waals surface area contributed by atoms with Crippen molar-refractivity contribution in [2.75, 3.05) is 6.54 Å². The van der Waals surface area contributed by atoms with Crippen LogP contribution in [-0.4, -0.2) is 76.8 Å². The van der Waals surface area contributed by atoms with Gasteiger partial charge in [-0.3, -0.25) is 0 Å². The summed E-state index contributed by atoms with van der Waals surface area (Å²) in [6.07, 6.45) is -4.60. The van der Waals surface area contributed by atoms with Crippen LogP contribution in [0.25, 0.3) is 0 Å². The number of hydrogen-bond donors (Lipinski definition) is 7. The molecule has 21 heavy (non-hydrogen) atoms. The molecule has 0 aromatic heterocycles. The molecule has 1 aliphatic heterocycles. The molecule has 1 aliphatic carbocycles. The Balaban J connectivity index is 2.01. The molecule has 124 valence electrons. The molecule has 5 unspecified atom stereocenters. The Morgan fingerprint density at radius 3 is 2.29 bits per heavy atom. The molecule has 2 aliphatic rings. The van der Waals surface area contributed by atoms with Gasteiger partial charge in [0, 0.05) is 25.0 Å². The van der Waals surface area contributed by atoms with Crippen molar-refractivity contribution in [3.63, 3.8) is 0 Å². The van der Waals surface area contributed by atoms with Crippen molar-refractivity contribution in [1.82, 2.24) is 0 Å². The quantitative estimate of drug-likeness (QED) is 0.272. The Kier molecular flexibility index (Phi) is 5.52. The van der Waals surface area contributed by atoms with Crippen LogP contribution in [0.5, 0.6) is 0 Å². The smallest absolute Gasteiger partial charge is 0.176 e. The molecule has 1 saturated carbocycles. The normalized spacial score (nSPS) is 51.9. The van der Waals surface area contributed by atoms with Gasteiger partial charge < -0.3 is 47.7 Å². The van der Waals surface area contributed by atoms with Gasteiger partial charge in [-0.25, -0.2) is 0 Å². The fourth-order valence-electron chi connectivity index (χ4n) is 2.81. The highest BCUT2D eigenvalue weighted by molar-refractivity contribution is 4.95. The van der Waals surface area contributed by atoms with E-state index in [1.807, 2.05) is 0 Å². The molecule has 9 atom stereocenters. The Morgan fingerprint density at radius 2 is 1.67 bits per heavy atom. The van der Waals surface area contributed by atoms with Crippen LogP contribution >= 0.6 is 0 Å². The summed E-state index contributed by atoms with van der Waals surface area (Å²) in [6, 6.07) is -1.67. The Bertz CT molecular complexity index is 348. The van der Waals surface area contributed by atoms with E-state index in [9.17, 15) is 15.3 Å². The highest BCUT2D eigenvalue weighted by atomic mass is 16.7. The standard InChI is InChI=1S/C12H26N4O5/c13-3-8-10(18)11(19)9(16)12(21-8)20-7-2-6(17)4(14)1-5(7)15/h4-12,17-19H,1-3,13-16H2/t4-,5?,6+,7?,8?,9?,10?,11+,12+/m0/s1. The maximum absolute atomic E-state index is 9.92. The van der Waals surface area contributed by atoms with Crippen LogP contribution in [0.3, 0.4) is 0 Å². The monoisotopic (exact) mass is 306 g/mol. The van der Waals surface area contributed by atoms with Gasteiger partial charge in [0.25, 0.3) is 0 Å². The fourth-order valence-corrected chi connectivity index (χ4v) is 2.81. The summed E-state index contributed by atoms with van der Waals surface area (Å²) in [7, 11) is 0. The van der Waals surface area contributed by atoms with Crippen molar-refractivity contribution in [1.29, 1.82) is 0 Å². The second-order valence-corrected chi connectivity index (χ2v) is 5.88. The van der Waals surface area contributed by atoms with Gasteiger partial charge in [0.15, 0.2) is 6.29 Å². The number of ether oxygens (including phenoxy) is 2. The van der Waals surface area contributed by atoms with E-state index in [0.717, 1.165) is 0 Å². The third-order valence-corrected chi connectivity index (χ3v) is 4.28. The summed E-state index contributed by atoms with van der Waals surface area (Å²) in [6.45, 7) is 0.0228. The molecule has 11 N–H and O–H groups in total. The van der Waals surface area contributed by atoms with Crippen LogP contribution in [0.2, 0.25) is 0 Å². The average Bonchev–Trinajstić information content (AvgIpc) is 2.45. The van der Waals surface area contributed by atoms with E-state index in [2.05, 4.69) is 0 Å². The lowest BCUT2D eigenvalue weighted by atomic mass is 9.87. The number of hydrogen-bond acceptors (Lipinski definition) is 9. The predicted octanol–water partition coefficient (Wildman–Crippen LogP) is -4.09. The van der Waals surface area contributed by atoms with Crippen LogP contribution in [0, 0.1) is 0 Å². The number of aliphatic hydroxyl groups is 3. The van der Waals surface area contributed by atoms with Gasteiger partial charge in [-0.15, -0.1) is 0 Å². The van der Waals surface area contributed by atoms with Crippen LogP contribution < -0.4 is 22.9 Å². The average molecular weight is 306 g/mol. The van der Waals surface area contributed by atoms with Gasteiger partial charge in [-0.1, -0.05) is 0 Å². The summed E-state index contributed by atoms with van der Waals surface area (Å²) >= 11 is 0. The van der Waals surface area contributed by atoms with Gasteiger partial charge in [-0.2, -0.15) is 0 Å². The van der Waals surface area contributed by atoms with Gasteiger partial charge in [0.1, 0.15) is 18.3 Å². The summed E-state index contributed by atoms with van der Waals surface area (Å²) < 4.78 is 11.2. The third-order valence-electron chi connectivity index (χ3n) is 4.28. The SMILES string of the molecule is NCC1O[C@@H](OC2C[C@@H](O)[C@@H](N)CC2N)C(N)[C@@H](O)C1O. The highest BCUT2D eigenvalue weighted by Gasteiger charge is 2.45. The van der Waals surface area contributed by atoms with E-state index in [0.29, 0.717) is 6.42 Å². The van der Waals surface area contributed by atoms with Gasteiger partial charge in [0.2, 0.25) is 0 Å². The minimum Gasteiger partial charge on any atom is -0.391 e. The van der Waals surface area contributed by atoms with Crippen LogP contribution in [0.4, 0.5) is 0 Å². The largest absolute Gasteiger partial charge is 0.391 e. The molecule has 0 aromatic carbocycles. The lowest BCUT2D eigenvalue weighted by molar-refractivity contribution is -0.276. The van der Waals surface area contributed by atoms with E-state index >= 15 is 0 Å². The first-order valence-electron chi connectivity index (χ1n) is 7.17. The van der Waals surface area contributed by atoms with Gasteiger partial charge in [0.05, 0.1) is 18.2 Å². The molecule has 0 amide bonds. The molecule has 9 nitrogen and oxygen atoms in total. The molecule has 1 saturated heterocycles. The predicted molar refractivity (Wildman–Crippen MR) is 73.8 cm³/mol. The van der Waals surface area contributed by atoms with Gasteiger partial charge >= 0.3 is 0 Å². The summed E-state index contributed by atoms with van der Waals surface area (Å²) in [5.74, 6) is 0. The molecule has 0 spiro atoms. The molecule has 0 aromatic rings. The first-order valence-corrected chi connectivity index (χ1v) is 7.17. The lowest BCUT2D eigenvalue weighted by Crippen LogP contribution is -2.65. The molecular formula is C12H26N4O5. The molecule has 0 bridgehead atoms. The zero-order chi connectivity index (χ0) is 15.7. The summed E-state index contributed by atoms with van der Waals surface area (Å²) in [5.41, 5.74) is 23.0. The minimum atomic E-state index is -1.20. The zero-order valence-electron chi connectivity index (χ0n) is 11.8. The Morgan fingerprint density at radius 1 is 1.00 bits per heavy atom. The van der Waals surface area contributed by atoms with Gasteiger partial charge in [-0.05, 0) is 6.42 Å². The summed E-state index contributed by atoms with van der Waals surface area (Å²) in [4.78, 5) is 0. The highest BCUT2D eigenvalue weighted by Crippen LogP contribution is 2.26.